The molecule has 1 aromatic rings. The molecular weight excluding hydrogens is 294 g/mol. The first-order chi connectivity index (χ1) is 11.0. The molecule has 1 N–H and O–H groups in total. The molecule has 6 heteroatoms. The molecule has 1 heterocycles. The van der Waals surface area contributed by atoms with Crippen molar-refractivity contribution >= 4 is 11.8 Å². The topological polar surface area (TPSA) is 61.9 Å². The predicted octanol–water partition coefficient (Wildman–Crippen LogP) is 0.480. The zero-order chi connectivity index (χ0) is 16.8. The third-order valence-electron chi connectivity index (χ3n) is 4.15. The molecule has 126 valence electrons. The molecule has 2 atom stereocenters. The van der Waals surface area contributed by atoms with Crippen molar-refractivity contribution in [3.05, 3.63) is 35.9 Å². The Bertz CT molecular complexity index is 533. The molecule has 1 aromatic carbocycles. The summed E-state index contributed by atoms with van der Waals surface area (Å²) in [4.78, 5) is 28.3. The quantitative estimate of drug-likeness (QED) is 0.828. The number of likely N-dealkylation sites (N-methyl/N-ethyl adjacent to an activating group) is 1. The molecule has 0 aliphatic carbocycles. The van der Waals surface area contributed by atoms with Gasteiger partial charge in [-0.15, -0.1) is 0 Å². The van der Waals surface area contributed by atoms with E-state index in [1.807, 2.05) is 56.3 Å². The number of morpholine rings is 1. The highest BCUT2D eigenvalue weighted by Crippen LogP contribution is 2.13. The molecule has 0 spiro atoms. The normalized spacial score (nSPS) is 19.7. The van der Waals surface area contributed by atoms with E-state index < -0.39 is 6.04 Å². The van der Waals surface area contributed by atoms with Crippen LogP contribution in [-0.4, -0.2) is 67.6 Å². The van der Waals surface area contributed by atoms with Crippen LogP contribution in [-0.2, 0) is 20.9 Å². The molecule has 0 saturated carbocycles. The lowest BCUT2D eigenvalue weighted by Gasteiger charge is -2.35. The SMILES string of the molecule is C[C@H](CNC(=O)[C@@H]1COCC(=O)N1Cc1ccccc1)N(C)C. The fourth-order valence-electron chi connectivity index (χ4n) is 2.35. The molecule has 0 bridgehead atoms. The maximum atomic E-state index is 12.5. The van der Waals surface area contributed by atoms with E-state index in [0.717, 1.165) is 5.56 Å². The van der Waals surface area contributed by atoms with Gasteiger partial charge < -0.3 is 19.9 Å². The van der Waals surface area contributed by atoms with Gasteiger partial charge in [0, 0.05) is 19.1 Å². The summed E-state index contributed by atoms with van der Waals surface area (Å²) >= 11 is 0. The van der Waals surface area contributed by atoms with Gasteiger partial charge >= 0.3 is 0 Å². The molecule has 1 aliphatic rings. The van der Waals surface area contributed by atoms with E-state index in [0.29, 0.717) is 13.1 Å². The molecule has 1 fully saturated rings. The number of ether oxygens (including phenoxy) is 1. The van der Waals surface area contributed by atoms with Gasteiger partial charge in [0.1, 0.15) is 12.6 Å². The minimum atomic E-state index is -0.578. The Morgan fingerprint density at radius 3 is 2.74 bits per heavy atom. The molecule has 6 nitrogen and oxygen atoms in total. The lowest BCUT2D eigenvalue weighted by Crippen LogP contribution is -2.56. The summed E-state index contributed by atoms with van der Waals surface area (Å²) in [5.41, 5.74) is 1.00. The van der Waals surface area contributed by atoms with Crippen LogP contribution >= 0.6 is 0 Å². The van der Waals surface area contributed by atoms with Crippen molar-refractivity contribution in [3.8, 4) is 0 Å². The van der Waals surface area contributed by atoms with E-state index in [9.17, 15) is 9.59 Å². The number of hydrogen-bond acceptors (Lipinski definition) is 4. The second-order valence-electron chi connectivity index (χ2n) is 6.10. The molecule has 0 unspecified atom stereocenters. The van der Waals surface area contributed by atoms with Crippen molar-refractivity contribution in [1.29, 1.82) is 0 Å². The summed E-state index contributed by atoms with van der Waals surface area (Å²) in [6.45, 7) is 3.26. The van der Waals surface area contributed by atoms with Gasteiger partial charge in [-0.25, -0.2) is 0 Å². The van der Waals surface area contributed by atoms with E-state index in [1.165, 1.54) is 0 Å². The summed E-state index contributed by atoms with van der Waals surface area (Å²) < 4.78 is 5.28. The zero-order valence-electron chi connectivity index (χ0n) is 14.0. The lowest BCUT2D eigenvalue weighted by atomic mass is 10.1. The van der Waals surface area contributed by atoms with Gasteiger partial charge in [-0.05, 0) is 26.6 Å². The van der Waals surface area contributed by atoms with Gasteiger partial charge in [-0.2, -0.15) is 0 Å². The van der Waals surface area contributed by atoms with Gasteiger partial charge in [-0.1, -0.05) is 30.3 Å². The van der Waals surface area contributed by atoms with Crippen molar-refractivity contribution < 1.29 is 14.3 Å². The molecule has 2 rings (SSSR count). The second-order valence-corrected chi connectivity index (χ2v) is 6.10. The van der Waals surface area contributed by atoms with E-state index in [1.54, 1.807) is 4.90 Å². The molecule has 23 heavy (non-hydrogen) atoms. The number of nitrogens with one attached hydrogen (secondary N) is 1. The lowest BCUT2D eigenvalue weighted by molar-refractivity contribution is -0.155. The van der Waals surface area contributed by atoms with Crippen LogP contribution in [0.25, 0.3) is 0 Å². The molecule has 1 aliphatic heterocycles. The largest absolute Gasteiger partial charge is 0.369 e. The fraction of sp³-hybridized carbons (Fsp3) is 0.529. The Labute approximate surface area is 137 Å². The Morgan fingerprint density at radius 1 is 1.39 bits per heavy atom. The molecule has 0 aromatic heterocycles. The van der Waals surface area contributed by atoms with E-state index in [-0.39, 0.29) is 31.1 Å². The number of carbonyl (C=O) groups is 2. The van der Waals surface area contributed by atoms with E-state index >= 15 is 0 Å². The fourth-order valence-corrected chi connectivity index (χ4v) is 2.35. The number of benzene rings is 1. The van der Waals surface area contributed by atoms with Crippen molar-refractivity contribution in [1.82, 2.24) is 15.1 Å². The predicted molar refractivity (Wildman–Crippen MR) is 87.8 cm³/mol. The number of amides is 2. The van der Waals surface area contributed by atoms with Crippen LogP contribution in [0.3, 0.4) is 0 Å². The number of nitrogens with zero attached hydrogens (tertiary/aromatic N) is 2. The zero-order valence-corrected chi connectivity index (χ0v) is 14.0. The van der Waals surface area contributed by atoms with Crippen LogP contribution in [0, 0.1) is 0 Å². The summed E-state index contributed by atoms with van der Waals surface area (Å²) in [7, 11) is 3.93. The van der Waals surface area contributed by atoms with Crippen LogP contribution in [0.1, 0.15) is 12.5 Å². The standard InChI is InChI=1S/C17H25N3O3/c1-13(19(2)3)9-18-17(22)15-11-23-12-16(21)20(15)10-14-7-5-4-6-8-14/h4-8,13,15H,9-12H2,1-3H3,(H,18,22)/t13-,15+/m1/s1. The van der Waals surface area contributed by atoms with Gasteiger partial charge in [0.15, 0.2) is 0 Å². The smallest absolute Gasteiger partial charge is 0.249 e. The molecular formula is C17H25N3O3. The Kier molecular flexibility index (Phi) is 6.12. The highest BCUT2D eigenvalue weighted by Gasteiger charge is 2.34. The number of carbonyl (C=O) groups excluding carboxylic acids is 2. The maximum Gasteiger partial charge on any atom is 0.249 e. The summed E-state index contributed by atoms with van der Waals surface area (Å²) in [5.74, 6) is -0.316. The number of hydrogen-bond donors (Lipinski definition) is 1. The highest BCUT2D eigenvalue weighted by atomic mass is 16.5. The van der Waals surface area contributed by atoms with Crippen molar-refractivity contribution in [2.45, 2.75) is 25.6 Å². The first-order valence-electron chi connectivity index (χ1n) is 7.84. The average molecular weight is 319 g/mol. The first kappa shape index (κ1) is 17.4. The number of rotatable bonds is 6. The minimum absolute atomic E-state index is 0.0325. The Morgan fingerprint density at radius 2 is 2.09 bits per heavy atom. The van der Waals surface area contributed by atoms with Crippen molar-refractivity contribution in [3.63, 3.8) is 0 Å². The summed E-state index contributed by atoms with van der Waals surface area (Å²) in [5, 5.41) is 2.92. The first-order valence-corrected chi connectivity index (χ1v) is 7.84. The minimum Gasteiger partial charge on any atom is -0.369 e. The average Bonchev–Trinajstić information content (AvgIpc) is 2.55. The summed E-state index contributed by atoms with van der Waals surface area (Å²) in [6.07, 6.45) is 0. The van der Waals surface area contributed by atoms with Crippen LogP contribution in [0.15, 0.2) is 30.3 Å². The van der Waals surface area contributed by atoms with Gasteiger partial charge in [0.2, 0.25) is 11.8 Å². The van der Waals surface area contributed by atoms with Crippen LogP contribution in [0.4, 0.5) is 0 Å². The van der Waals surface area contributed by atoms with Gasteiger partial charge in [-0.3, -0.25) is 9.59 Å². The molecule has 0 radical (unpaired) electrons. The molecule has 1 saturated heterocycles. The van der Waals surface area contributed by atoms with Crippen molar-refractivity contribution in [2.24, 2.45) is 0 Å². The van der Waals surface area contributed by atoms with Crippen LogP contribution in [0.2, 0.25) is 0 Å². The van der Waals surface area contributed by atoms with Crippen LogP contribution in [0.5, 0.6) is 0 Å². The second kappa shape index (κ2) is 8.08. The monoisotopic (exact) mass is 319 g/mol. The van der Waals surface area contributed by atoms with Crippen LogP contribution < -0.4 is 5.32 Å². The Hall–Kier alpha value is -1.92. The van der Waals surface area contributed by atoms with E-state index in [2.05, 4.69) is 5.32 Å². The van der Waals surface area contributed by atoms with E-state index in [4.69, 9.17) is 4.74 Å². The third kappa shape index (κ3) is 4.77. The molecule has 2 amide bonds. The highest BCUT2D eigenvalue weighted by molar-refractivity contribution is 5.89. The third-order valence-corrected chi connectivity index (χ3v) is 4.15. The van der Waals surface area contributed by atoms with Gasteiger partial charge in [0.25, 0.3) is 0 Å². The Balaban J connectivity index is 2.02. The maximum absolute atomic E-state index is 12.5. The van der Waals surface area contributed by atoms with Gasteiger partial charge in [0.05, 0.1) is 6.61 Å². The van der Waals surface area contributed by atoms with Crippen molar-refractivity contribution in [2.75, 3.05) is 33.9 Å². The summed E-state index contributed by atoms with van der Waals surface area (Å²) in [6, 6.07) is 9.32.